The Morgan fingerprint density at radius 1 is 0.950 bits per heavy atom. The Balaban J connectivity index is 2.14. The van der Waals surface area contributed by atoms with Crippen molar-refractivity contribution in [2.24, 2.45) is 5.73 Å². The molecule has 2 nitrogen and oxygen atoms in total. The maximum atomic E-state index is 5.96. The number of hydrogen-bond acceptors (Lipinski definition) is 2. The summed E-state index contributed by atoms with van der Waals surface area (Å²) in [6, 6.07) is 15.1. The van der Waals surface area contributed by atoms with E-state index in [1.165, 1.54) is 27.8 Å². The summed E-state index contributed by atoms with van der Waals surface area (Å²) in [5.41, 5.74) is 12.5. The second-order valence-corrected chi connectivity index (χ2v) is 5.45. The molecule has 1 atom stereocenters. The molecule has 0 aliphatic heterocycles. The molecule has 0 saturated carbocycles. The van der Waals surface area contributed by atoms with Crippen molar-refractivity contribution in [1.29, 1.82) is 0 Å². The molecule has 0 heterocycles. The molecule has 0 saturated heterocycles. The van der Waals surface area contributed by atoms with E-state index in [4.69, 9.17) is 5.73 Å². The fraction of sp³-hybridized carbons (Fsp3) is 0.333. The van der Waals surface area contributed by atoms with Gasteiger partial charge >= 0.3 is 0 Å². The molecule has 0 aromatic heterocycles. The number of hydrogen-bond donors (Lipinski definition) is 2. The van der Waals surface area contributed by atoms with Gasteiger partial charge in [-0.3, -0.25) is 0 Å². The van der Waals surface area contributed by atoms with Gasteiger partial charge in [-0.2, -0.15) is 0 Å². The zero-order valence-electron chi connectivity index (χ0n) is 12.6. The van der Waals surface area contributed by atoms with Gasteiger partial charge in [-0.1, -0.05) is 42.5 Å². The third-order valence-electron chi connectivity index (χ3n) is 3.89. The molecule has 0 spiro atoms. The van der Waals surface area contributed by atoms with Gasteiger partial charge < -0.3 is 11.1 Å². The Morgan fingerprint density at radius 3 is 2.25 bits per heavy atom. The lowest BCUT2D eigenvalue weighted by Crippen LogP contribution is -2.28. The minimum absolute atomic E-state index is 0.203. The zero-order valence-corrected chi connectivity index (χ0v) is 12.6. The summed E-state index contributed by atoms with van der Waals surface area (Å²) in [6.07, 6.45) is 0. The molecule has 0 amide bonds. The average Bonchev–Trinajstić information content (AvgIpc) is 2.46. The lowest BCUT2D eigenvalue weighted by molar-refractivity contribution is 0.539. The minimum Gasteiger partial charge on any atom is -0.329 e. The molecule has 0 aliphatic rings. The van der Waals surface area contributed by atoms with E-state index in [1.807, 2.05) is 6.07 Å². The van der Waals surface area contributed by atoms with Crippen LogP contribution in [0.3, 0.4) is 0 Å². The largest absolute Gasteiger partial charge is 0.329 e. The Morgan fingerprint density at radius 2 is 1.60 bits per heavy atom. The van der Waals surface area contributed by atoms with Crippen molar-refractivity contribution >= 4 is 0 Å². The van der Waals surface area contributed by atoms with Gasteiger partial charge in [0.05, 0.1) is 0 Å². The lowest BCUT2D eigenvalue weighted by Gasteiger charge is -2.21. The van der Waals surface area contributed by atoms with Crippen molar-refractivity contribution in [3.63, 3.8) is 0 Å². The van der Waals surface area contributed by atoms with E-state index >= 15 is 0 Å². The highest BCUT2D eigenvalue weighted by Gasteiger charge is 2.12. The summed E-state index contributed by atoms with van der Waals surface area (Å²) in [5.74, 6) is 0. The van der Waals surface area contributed by atoms with Crippen LogP contribution in [0, 0.1) is 20.8 Å². The number of nitrogens with one attached hydrogen (secondary N) is 1. The summed E-state index contributed by atoms with van der Waals surface area (Å²) in [6.45, 7) is 7.92. The van der Waals surface area contributed by atoms with E-state index in [1.54, 1.807) is 0 Å². The highest BCUT2D eigenvalue weighted by molar-refractivity contribution is 5.38. The summed E-state index contributed by atoms with van der Waals surface area (Å²) in [4.78, 5) is 0. The van der Waals surface area contributed by atoms with E-state index in [-0.39, 0.29) is 6.04 Å². The molecular formula is C18H24N2. The number of aryl methyl sites for hydroxylation is 3. The van der Waals surface area contributed by atoms with Crippen molar-refractivity contribution in [1.82, 2.24) is 5.32 Å². The molecule has 0 radical (unpaired) electrons. The first-order chi connectivity index (χ1) is 9.61. The standard InChI is InChI=1S/C18H24N2/c1-13-9-15(3)17(10-14(13)2)18(11-19)20-12-16-7-5-4-6-8-16/h4-10,18,20H,11-12,19H2,1-3H3. The van der Waals surface area contributed by atoms with Gasteiger partial charge in [-0.15, -0.1) is 0 Å². The molecule has 0 bridgehead atoms. The average molecular weight is 268 g/mol. The van der Waals surface area contributed by atoms with Crippen LogP contribution in [-0.2, 0) is 6.54 Å². The third kappa shape index (κ3) is 3.47. The van der Waals surface area contributed by atoms with Crippen LogP contribution >= 0.6 is 0 Å². The quantitative estimate of drug-likeness (QED) is 0.872. The minimum atomic E-state index is 0.203. The highest BCUT2D eigenvalue weighted by atomic mass is 14.9. The molecule has 20 heavy (non-hydrogen) atoms. The Hall–Kier alpha value is -1.64. The number of nitrogens with two attached hydrogens (primary N) is 1. The predicted octanol–water partition coefficient (Wildman–Crippen LogP) is 3.40. The van der Waals surface area contributed by atoms with Crippen molar-refractivity contribution in [2.45, 2.75) is 33.4 Å². The van der Waals surface area contributed by atoms with Crippen molar-refractivity contribution < 1.29 is 0 Å². The Kier molecular flexibility index (Phi) is 4.94. The van der Waals surface area contributed by atoms with Crippen molar-refractivity contribution in [2.75, 3.05) is 6.54 Å². The molecule has 2 aromatic carbocycles. The lowest BCUT2D eigenvalue weighted by atomic mass is 9.95. The first-order valence-corrected chi connectivity index (χ1v) is 7.17. The predicted molar refractivity (Wildman–Crippen MR) is 85.7 cm³/mol. The third-order valence-corrected chi connectivity index (χ3v) is 3.89. The first-order valence-electron chi connectivity index (χ1n) is 7.17. The molecule has 106 valence electrons. The highest BCUT2D eigenvalue weighted by Crippen LogP contribution is 2.21. The summed E-state index contributed by atoms with van der Waals surface area (Å²) in [7, 11) is 0. The second-order valence-electron chi connectivity index (χ2n) is 5.45. The maximum Gasteiger partial charge on any atom is 0.0449 e. The van der Waals surface area contributed by atoms with Gasteiger partial charge in [0.15, 0.2) is 0 Å². The van der Waals surface area contributed by atoms with Crippen LogP contribution in [0.2, 0.25) is 0 Å². The zero-order chi connectivity index (χ0) is 14.5. The Bertz CT molecular complexity index is 561. The van der Waals surface area contributed by atoms with Crippen LogP contribution in [0.15, 0.2) is 42.5 Å². The summed E-state index contributed by atoms with van der Waals surface area (Å²) < 4.78 is 0. The normalized spacial score (nSPS) is 12.4. The molecule has 2 heteroatoms. The fourth-order valence-corrected chi connectivity index (χ4v) is 2.52. The Labute approximate surface area is 122 Å². The van der Waals surface area contributed by atoms with Gasteiger partial charge in [0.1, 0.15) is 0 Å². The molecule has 3 N–H and O–H groups in total. The summed E-state index contributed by atoms with van der Waals surface area (Å²) >= 11 is 0. The molecule has 2 rings (SSSR count). The fourth-order valence-electron chi connectivity index (χ4n) is 2.52. The van der Waals surface area contributed by atoms with Crippen molar-refractivity contribution in [3.8, 4) is 0 Å². The molecule has 0 aliphatic carbocycles. The molecule has 2 aromatic rings. The number of rotatable bonds is 5. The van der Waals surface area contributed by atoms with E-state index in [0.29, 0.717) is 6.54 Å². The van der Waals surface area contributed by atoms with Gasteiger partial charge in [-0.05, 0) is 48.6 Å². The molecular weight excluding hydrogens is 244 g/mol. The maximum absolute atomic E-state index is 5.96. The van der Waals surface area contributed by atoms with Gasteiger partial charge in [0.2, 0.25) is 0 Å². The topological polar surface area (TPSA) is 38.0 Å². The van der Waals surface area contributed by atoms with Crippen LogP contribution in [-0.4, -0.2) is 6.54 Å². The second kappa shape index (κ2) is 6.69. The monoisotopic (exact) mass is 268 g/mol. The van der Waals surface area contributed by atoms with Gasteiger partial charge in [0.25, 0.3) is 0 Å². The van der Waals surface area contributed by atoms with Crippen molar-refractivity contribution in [3.05, 3.63) is 70.3 Å². The van der Waals surface area contributed by atoms with E-state index in [0.717, 1.165) is 6.54 Å². The molecule has 1 unspecified atom stereocenters. The van der Waals surface area contributed by atoms with Gasteiger partial charge in [0, 0.05) is 19.1 Å². The summed E-state index contributed by atoms with van der Waals surface area (Å²) in [5, 5.41) is 3.56. The van der Waals surface area contributed by atoms with Crippen LogP contribution in [0.5, 0.6) is 0 Å². The SMILES string of the molecule is Cc1cc(C)c(C(CN)NCc2ccccc2)cc1C. The van der Waals surface area contributed by atoms with E-state index in [2.05, 4.69) is 62.5 Å². The van der Waals surface area contributed by atoms with Crippen LogP contribution in [0.25, 0.3) is 0 Å². The molecule has 0 fully saturated rings. The smallest absolute Gasteiger partial charge is 0.0449 e. The number of benzene rings is 2. The van der Waals surface area contributed by atoms with Crippen LogP contribution in [0.1, 0.15) is 33.9 Å². The van der Waals surface area contributed by atoms with Crippen LogP contribution in [0.4, 0.5) is 0 Å². The van der Waals surface area contributed by atoms with Gasteiger partial charge in [-0.25, -0.2) is 0 Å². The van der Waals surface area contributed by atoms with E-state index < -0.39 is 0 Å². The first kappa shape index (κ1) is 14.8. The van der Waals surface area contributed by atoms with Crippen LogP contribution < -0.4 is 11.1 Å². The van der Waals surface area contributed by atoms with E-state index in [9.17, 15) is 0 Å².